The highest BCUT2D eigenvalue weighted by atomic mass is 16.3. The number of piperidine rings is 1. The monoisotopic (exact) mass is 533 g/mol. The molecule has 5 heterocycles. The number of carbonyl (C=O) groups is 2. The molecule has 1 amide bonds. The van der Waals surface area contributed by atoms with E-state index in [0.717, 1.165) is 35.3 Å². The van der Waals surface area contributed by atoms with Gasteiger partial charge >= 0.3 is 5.69 Å². The third-order valence-electron chi connectivity index (χ3n) is 7.50. The molecular formula is C25H27N9O5. The van der Waals surface area contributed by atoms with Gasteiger partial charge in [-0.05, 0) is 25.2 Å². The van der Waals surface area contributed by atoms with E-state index in [2.05, 4.69) is 30.2 Å². The Bertz CT molecular complexity index is 1700. The maximum Gasteiger partial charge on any atom is 0.332 e. The van der Waals surface area contributed by atoms with Gasteiger partial charge in [0.2, 0.25) is 11.8 Å². The van der Waals surface area contributed by atoms with Crippen molar-refractivity contribution in [3.05, 3.63) is 45.8 Å². The van der Waals surface area contributed by atoms with Crippen molar-refractivity contribution in [1.82, 2.24) is 33.6 Å². The van der Waals surface area contributed by atoms with E-state index in [9.17, 15) is 19.2 Å². The van der Waals surface area contributed by atoms with Gasteiger partial charge in [0.15, 0.2) is 22.8 Å². The van der Waals surface area contributed by atoms with E-state index in [4.69, 9.17) is 4.42 Å². The predicted molar refractivity (Wildman–Crippen MR) is 139 cm³/mol. The number of imidazole rings is 1. The SMILES string of the molecule is CCC(=O)Cn1c(=O)c2c(ncn2[C@@H](C)C(=O)Nc2coc(-c3cnc(N4CC5CC5C4)cn3)n2)n(C)c1=O. The lowest BCUT2D eigenvalue weighted by atomic mass is 10.3. The number of hydrogen-bond acceptors (Lipinski definition) is 10. The molecule has 14 heteroatoms. The quantitative estimate of drug-likeness (QED) is 0.345. The van der Waals surface area contributed by atoms with Crippen LogP contribution in [0.15, 0.2) is 39.0 Å². The van der Waals surface area contributed by atoms with E-state index in [-0.39, 0.29) is 41.6 Å². The lowest BCUT2D eigenvalue weighted by molar-refractivity contribution is -0.120. The molecule has 0 bridgehead atoms. The predicted octanol–water partition coefficient (Wildman–Crippen LogP) is 0.977. The smallest absolute Gasteiger partial charge is 0.332 e. The molecule has 1 N–H and O–H groups in total. The third kappa shape index (κ3) is 4.30. The number of fused-ring (bicyclic) bond motifs is 2. The van der Waals surface area contributed by atoms with Crippen molar-refractivity contribution in [3.8, 4) is 11.6 Å². The molecule has 2 unspecified atom stereocenters. The van der Waals surface area contributed by atoms with Crippen molar-refractivity contribution < 1.29 is 14.0 Å². The van der Waals surface area contributed by atoms with Crippen LogP contribution in [0.1, 0.15) is 32.7 Å². The van der Waals surface area contributed by atoms with Crippen LogP contribution in [0.2, 0.25) is 0 Å². The van der Waals surface area contributed by atoms with Crippen LogP contribution in [0.3, 0.4) is 0 Å². The van der Waals surface area contributed by atoms with Crippen LogP contribution >= 0.6 is 0 Å². The van der Waals surface area contributed by atoms with Crippen molar-refractivity contribution in [2.24, 2.45) is 18.9 Å². The topological polar surface area (TPSA) is 163 Å². The second-order valence-corrected chi connectivity index (χ2v) is 10.1. The average Bonchev–Trinajstić information content (AvgIpc) is 3.32. The highest BCUT2D eigenvalue weighted by molar-refractivity contribution is 5.93. The average molecular weight is 534 g/mol. The number of oxazole rings is 1. The second kappa shape index (κ2) is 9.29. The van der Waals surface area contributed by atoms with Crippen molar-refractivity contribution in [1.29, 1.82) is 0 Å². The Balaban J connectivity index is 1.20. The molecule has 2 aliphatic rings. The molecule has 0 aromatic carbocycles. The summed E-state index contributed by atoms with van der Waals surface area (Å²) in [5.74, 6) is 1.99. The molecular weight excluding hydrogens is 506 g/mol. The van der Waals surface area contributed by atoms with Crippen LogP contribution in [-0.4, -0.2) is 58.4 Å². The second-order valence-electron chi connectivity index (χ2n) is 10.1. The highest BCUT2D eigenvalue weighted by Crippen LogP contribution is 2.45. The first kappa shape index (κ1) is 24.7. The number of hydrogen-bond donors (Lipinski definition) is 1. The maximum absolute atomic E-state index is 13.2. The normalized spacial score (nSPS) is 18.8. The first-order valence-corrected chi connectivity index (χ1v) is 12.8. The number of amides is 1. The fourth-order valence-electron chi connectivity index (χ4n) is 5.00. The summed E-state index contributed by atoms with van der Waals surface area (Å²) in [7, 11) is 1.46. The van der Waals surface area contributed by atoms with E-state index >= 15 is 0 Å². The fourth-order valence-corrected chi connectivity index (χ4v) is 5.00. The molecule has 1 saturated heterocycles. The van der Waals surface area contributed by atoms with E-state index in [0.29, 0.717) is 5.69 Å². The third-order valence-corrected chi connectivity index (χ3v) is 7.50. The molecule has 0 radical (unpaired) electrons. The van der Waals surface area contributed by atoms with Gasteiger partial charge in [0.05, 0.1) is 25.3 Å². The summed E-state index contributed by atoms with van der Waals surface area (Å²) in [4.78, 5) is 70.5. The summed E-state index contributed by atoms with van der Waals surface area (Å²) in [6.45, 7) is 4.91. The summed E-state index contributed by atoms with van der Waals surface area (Å²) in [5.41, 5.74) is -0.763. The minimum Gasteiger partial charge on any atom is -0.441 e. The molecule has 1 aliphatic carbocycles. The zero-order valence-electron chi connectivity index (χ0n) is 21.7. The molecule has 0 spiro atoms. The van der Waals surface area contributed by atoms with Gasteiger partial charge in [0.25, 0.3) is 5.56 Å². The molecule has 39 heavy (non-hydrogen) atoms. The first-order chi connectivity index (χ1) is 18.7. The summed E-state index contributed by atoms with van der Waals surface area (Å²) in [6.07, 6.45) is 7.39. The van der Waals surface area contributed by atoms with Crippen LogP contribution in [0.4, 0.5) is 11.6 Å². The van der Waals surface area contributed by atoms with E-state index in [1.807, 2.05) is 0 Å². The Hall–Kier alpha value is -4.62. The van der Waals surface area contributed by atoms with E-state index in [1.165, 1.54) is 35.2 Å². The standard InChI is InChI=1S/C25H27N9O5/c1-4-16(35)10-33-24(37)20-21(31(3)25(33)38)28-12-34(20)13(2)22(36)29-18-11-39-23(30-18)17-6-27-19(7-26-17)32-8-14-5-15(14)9-32/h6-7,11-15H,4-5,8-10H2,1-3H3,(H,29,36)/t13-,14?,15?/m0/s1. The van der Waals surface area contributed by atoms with Crippen LogP contribution in [-0.2, 0) is 23.2 Å². The zero-order valence-corrected chi connectivity index (χ0v) is 21.7. The molecule has 2 fully saturated rings. The number of carbonyl (C=O) groups excluding carboxylic acids is 2. The van der Waals surface area contributed by atoms with Crippen LogP contribution in [0, 0.1) is 11.8 Å². The number of anilines is 2. The minimum atomic E-state index is -0.901. The van der Waals surface area contributed by atoms with Gasteiger partial charge in [-0.25, -0.2) is 19.7 Å². The van der Waals surface area contributed by atoms with E-state index < -0.39 is 23.2 Å². The van der Waals surface area contributed by atoms with Gasteiger partial charge in [0.1, 0.15) is 23.8 Å². The molecule has 4 aromatic heterocycles. The number of rotatable bonds is 8. The van der Waals surface area contributed by atoms with Gasteiger partial charge in [0, 0.05) is 26.6 Å². The Kier molecular flexibility index (Phi) is 5.88. The summed E-state index contributed by atoms with van der Waals surface area (Å²) in [6, 6.07) is -0.901. The summed E-state index contributed by atoms with van der Waals surface area (Å²) < 4.78 is 8.92. The Morgan fingerprint density at radius 2 is 1.92 bits per heavy atom. The molecule has 202 valence electrons. The van der Waals surface area contributed by atoms with Crippen LogP contribution in [0.25, 0.3) is 22.7 Å². The molecule has 3 atom stereocenters. The number of Topliss-reactive ketones (excluding diaryl/α,β-unsaturated/α-hetero) is 1. The zero-order chi connectivity index (χ0) is 27.4. The van der Waals surface area contributed by atoms with E-state index in [1.54, 1.807) is 26.2 Å². The maximum atomic E-state index is 13.2. The molecule has 6 rings (SSSR count). The molecule has 14 nitrogen and oxygen atoms in total. The Morgan fingerprint density at radius 3 is 2.62 bits per heavy atom. The summed E-state index contributed by atoms with van der Waals surface area (Å²) >= 11 is 0. The van der Waals surface area contributed by atoms with Gasteiger partial charge < -0.3 is 19.2 Å². The lowest BCUT2D eigenvalue weighted by Crippen LogP contribution is -2.41. The van der Waals surface area contributed by atoms with Crippen molar-refractivity contribution in [2.75, 3.05) is 23.3 Å². The van der Waals surface area contributed by atoms with Crippen molar-refractivity contribution in [2.45, 2.75) is 39.3 Å². The number of nitrogens with one attached hydrogen (secondary N) is 1. The van der Waals surface area contributed by atoms with Gasteiger partial charge in [-0.15, -0.1) is 0 Å². The van der Waals surface area contributed by atoms with Gasteiger partial charge in [-0.2, -0.15) is 4.98 Å². The van der Waals surface area contributed by atoms with Crippen LogP contribution in [0.5, 0.6) is 0 Å². The summed E-state index contributed by atoms with van der Waals surface area (Å²) in [5, 5.41) is 2.67. The fraction of sp³-hybridized carbons (Fsp3) is 0.440. The first-order valence-electron chi connectivity index (χ1n) is 12.8. The largest absolute Gasteiger partial charge is 0.441 e. The lowest BCUT2D eigenvalue weighted by Gasteiger charge is -2.18. The van der Waals surface area contributed by atoms with Crippen LogP contribution < -0.4 is 21.5 Å². The van der Waals surface area contributed by atoms with Crippen molar-refractivity contribution in [3.63, 3.8) is 0 Å². The molecule has 1 aliphatic heterocycles. The Labute approximate surface area is 221 Å². The Morgan fingerprint density at radius 1 is 1.15 bits per heavy atom. The van der Waals surface area contributed by atoms with Crippen molar-refractivity contribution >= 4 is 34.5 Å². The molecule has 4 aromatic rings. The number of aryl methyl sites for hydroxylation is 1. The highest BCUT2D eigenvalue weighted by Gasteiger charge is 2.45. The van der Waals surface area contributed by atoms with Gasteiger partial charge in [-0.1, -0.05) is 6.92 Å². The number of nitrogens with zero attached hydrogens (tertiary/aromatic N) is 8. The number of aromatic nitrogens is 7. The minimum absolute atomic E-state index is 0.0372. The number of ketones is 1. The van der Waals surface area contributed by atoms with Gasteiger partial charge in [-0.3, -0.25) is 23.5 Å². The molecule has 1 saturated carbocycles.